The molecule has 0 radical (unpaired) electrons. The largest absolute Gasteiger partial charge is 0.350 e. The summed E-state index contributed by atoms with van der Waals surface area (Å²) in [6.45, 7) is 4.17. The first kappa shape index (κ1) is 20.9. The quantitative estimate of drug-likeness (QED) is 0.524. The van der Waals surface area contributed by atoms with Crippen molar-refractivity contribution in [3.05, 3.63) is 57.7 Å². The number of nitrogens with one attached hydrogen (secondary N) is 2. The lowest BCUT2D eigenvalue weighted by Crippen LogP contribution is -2.30. The second-order valence-corrected chi connectivity index (χ2v) is 9.15. The Hall–Kier alpha value is -1.87. The van der Waals surface area contributed by atoms with Crippen molar-refractivity contribution in [2.45, 2.75) is 18.7 Å². The maximum absolute atomic E-state index is 12.8. The fourth-order valence-electron chi connectivity index (χ4n) is 2.94. The van der Waals surface area contributed by atoms with Crippen LogP contribution in [0.4, 0.5) is 5.69 Å². The molecule has 3 aromatic rings. The van der Waals surface area contributed by atoms with E-state index in [1.165, 1.54) is 16.4 Å². The number of anilines is 1. The Labute approximate surface area is 177 Å². The summed E-state index contributed by atoms with van der Waals surface area (Å²) < 4.78 is 27.6. The monoisotopic (exact) mass is 483 g/mol. The van der Waals surface area contributed by atoms with Gasteiger partial charge < -0.3 is 10.3 Å². The molecule has 6 nitrogen and oxygen atoms in total. The number of rotatable bonds is 6. The number of aromatic amines is 1. The van der Waals surface area contributed by atoms with E-state index in [1.54, 1.807) is 19.9 Å². The molecule has 0 fully saturated rings. The van der Waals surface area contributed by atoms with Gasteiger partial charge in [-0.25, -0.2) is 8.42 Å². The average molecular weight is 485 g/mol. The summed E-state index contributed by atoms with van der Waals surface area (Å²) in [6, 6.07) is 11.9. The molecular weight excluding hydrogens is 466 g/mol. The van der Waals surface area contributed by atoms with E-state index in [-0.39, 0.29) is 9.92 Å². The minimum absolute atomic E-state index is 0.0358. The Morgan fingerprint density at radius 2 is 1.86 bits per heavy atom. The third-order valence-corrected chi connectivity index (χ3v) is 7.74. The Bertz CT molecular complexity index is 1140. The van der Waals surface area contributed by atoms with Gasteiger partial charge in [-0.2, -0.15) is 4.31 Å². The van der Waals surface area contributed by atoms with E-state index in [2.05, 4.69) is 26.2 Å². The molecule has 0 aliphatic heterocycles. The molecule has 3 rings (SSSR count). The van der Waals surface area contributed by atoms with Crippen LogP contribution in [0.1, 0.15) is 24.3 Å². The number of H-pyrrole nitrogens is 1. The molecule has 1 aromatic heterocycles. The van der Waals surface area contributed by atoms with E-state index in [0.717, 1.165) is 10.9 Å². The van der Waals surface area contributed by atoms with E-state index in [1.807, 2.05) is 24.3 Å². The van der Waals surface area contributed by atoms with Crippen LogP contribution in [0.25, 0.3) is 10.9 Å². The Morgan fingerprint density at radius 1 is 1.18 bits per heavy atom. The highest BCUT2D eigenvalue weighted by atomic mass is 79.9. The van der Waals surface area contributed by atoms with Gasteiger partial charge in [-0.1, -0.05) is 43.6 Å². The molecule has 2 N–H and O–H groups in total. The van der Waals surface area contributed by atoms with Crippen molar-refractivity contribution in [3.8, 4) is 0 Å². The maximum atomic E-state index is 12.8. The zero-order valence-corrected chi connectivity index (χ0v) is 18.5. The van der Waals surface area contributed by atoms with Gasteiger partial charge in [0.25, 0.3) is 5.91 Å². The van der Waals surface area contributed by atoms with Crippen molar-refractivity contribution in [3.63, 3.8) is 0 Å². The molecule has 0 aliphatic rings. The Morgan fingerprint density at radius 3 is 2.50 bits per heavy atom. The van der Waals surface area contributed by atoms with Crippen molar-refractivity contribution in [2.75, 3.05) is 18.4 Å². The number of carbonyl (C=O) groups is 1. The molecular formula is C19H19BrClN3O3S. The predicted molar refractivity (Wildman–Crippen MR) is 116 cm³/mol. The number of carbonyl (C=O) groups excluding carboxylic acids is 1. The molecule has 0 atom stereocenters. The molecule has 0 spiro atoms. The second kappa shape index (κ2) is 8.24. The first-order valence-corrected chi connectivity index (χ1v) is 11.3. The minimum atomic E-state index is -3.75. The Balaban J connectivity index is 1.95. The van der Waals surface area contributed by atoms with Crippen molar-refractivity contribution in [2.24, 2.45) is 0 Å². The number of hydrogen-bond acceptors (Lipinski definition) is 3. The lowest BCUT2D eigenvalue weighted by atomic mass is 10.2. The van der Waals surface area contributed by atoms with Gasteiger partial charge in [0.05, 0.1) is 9.50 Å². The molecule has 148 valence electrons. The molecule has 1 heterocycles. The third kappa shape index (κ3) is 3.82. The van der Waals surface area contributed by atoms with E-state index in [0.29, 0.717) is 28.9 Å². The van der Waals surface area contributed by atoms with E-state index in [9.17, 15) is 13.2 Å². The van der Waals surface area contributed by atoms with Crippen LogP contribution in [0, 0.1) is 0 Å². The van der Waals surface area contributed by atoms with Crippen LogP contribution in [0.5, 0.6) is 0 Å². The number of halogens is 2. The van der Waals surface area contributed by atoms with Crippen LogP contribution in [-0.4, -0.2) is 36.7 Å². The summed E-state index contributed by atoms with van der Waals surface area (Å²) in [5.41, 5.74) is 1.51. The fourth-order valence-corrected chi connectivity index (χ4v) is 5.52. The molecule has 0 saturated heterocycles. The Kier molecular flexibility index (Phi) is 6.14. The summed E-state index contributed by atoms with van der Waals surface area (Å²) in [4.78, 5) is 15.8. The zero-order valence-electron chi connectivity index (χ0n) is 15.3. The lowest BCUT2D eigenvalue weighted by Gasteiger charge is -2.19. The summed E-state index contributed by atoms with van der Waals surface area (Å²) in [5.74, 6) is -0.392. The van der Waals surface area contributed by atoms with Crippen molar-refractivity contribution >= 4 is 60.1 Å². The molecule has 0 aliphatic carbocycles. The number of fused-ring (bicyclic) bond motifs is 1. The first-order chi connectivity index (χ1) is 13.3. The lowest BCUT2D eigenvalue weighted by molar-refractivity contribution is 0.102. The minimum Gasteiger partial charge on any atom is -0.350 e. The van der Waals surface area contributed by atoms with Crippen LogP contribution in [0.15, 0.2) is 51.8 Å². The van der Waals surface area contributed by atoms with Crippen molar-refractivity contribution < 1.29 is 13.2 Å². The summed E-state index contributed by atoms with van der Waals surface area (Å²) in [5, 5.41) is 3.72. The van der Waals surface area contributed by atoms with Crippen molar-refractivity contribution in [1.29, 1.82) is 0 Å². The highest BCUT2D eigenvalue weighted by molar-refractivity contribution is 9.10. The van der Waals surface area contributed by atoms with E-state index in [4.69, 9.17) is 11.6 Å². The SMILES string of the molecule is CCN(CC)S(=O)(=O)c1cc(NC(=O)c2[nH]c3ccccc3c2Br)ccc1Cl. The smallest absolute Gasteiger partial charge is 0.273 e. The molecule has 0 unspecified atom stereocenters. The number of benzene rings is 2. The van der Waals surface area contributed by atoms with Crippen LogP contribution >= 0.6 is 27.5 Å². The number of hydrogen-bond donors (Lipinski definition) is 2. The predicted octanol–water partition coefficient (Wildman–Crippen LogP) is 4.87. The average Bonchev–Trinajstić information content (AvgIpc) is 3.01. The highest BCUT2D eigenvalue weighted by Crippen LogP contribution is 2.30. The molecule has 0 saturated carbocycles. The second-order valence-electron chi connectivity index (χ2n) is 6.05. The molecule has 2 aromatic carbocycles. The number of amides is 1. The van der Waals surface area contributed by atoms with Gasteiger partial charge in [0.1, 0.15) is 10.6 Å². The maximum Gasteiger partial charge on any atom is 0.273 e. The topological polar surface area (TPSA) is 82.3 Å². The van der Waals surface area contributed by atoms with E-state index < -0.39 is 15.9 Å². The van der Waals surface area contributed by atoms with Gasteiger partial charge in [0.2, 0.25) is 10.0 Å². The van der Waals surface area contributed by atoms with Gasteiger partial charge >= 0.3 is 0 Å². The molecule has 28 heavy (non-hydrogen) atoms. The van der Waals surface area contributed by atoms with Crippen LogP contribution in [0.3, 0.4) is 0 Å². The zero-order chi connectivity index (χ0) is 20.5. The van der Waals surface area contributed by atoms with Gasteiger partial charge in [0.15, 0.2) is 0 Å². The number of aromatic nitrogens is 1. The normalized spacial score (nSPS) is 11.9. The molecule has 1 amide bonds. The highest BCUT2D eigenvalue weighted by Gasteiger charge is 2.25. The summed E-state index contributed by atoms with van der Waals surface area (Å²) in [6.07, 6.45) is 0. The first-order valence-electron chi connectivity index (χ1n) is 8.66. The molecule has 9 heteroatoms. The van der Waals surface area contributed by atoms with Crippen LogP contribution in [-0.2, 0) is 10.0 Å². The van der Waals surface area contributed by atoms with Gasteiger partial charge in [-0.05, 0) is 40.2 Å². The van der Waals surface area contributed by atoms with Gasteiger partial charge in [-0.3, -0.25) is 4.79 Å². The van der Waals surface area contributed by atoms with Crippen molar-refractivity contribution in [1.82, 2.24) is 9.29 Å². The van der Waals surface area contributed by atoms with Crippen LogP contribution in [0.2, 0.25) is 5.02 Å². The standard InChI is InChI=1S/C19H19BrClN3O3S/c1-3-24(4-2)28(26,27)16-11-12(9-10-14(16)21)22-19(25)18-17(20)13-7-5-6-8-15(13)23-18/h5-11,23H,3-4H2,1-2H3,(H,22,25). The van der Waals surface area contributed by atoms with E-state index >= 15 is 0 Å². The van der Waals surface area contributed by atoms with Gasteiger partial charge in [0, 0.05) is 29.7 Å². The summed E-state index contributed by atoms with van der Waals surface area (Å²) in [7, 11) is -3.75. The van der Waals surface area contributed by atoms with Crippen LogP contribution < -0.4 is 5.32 Å². The van der Waals surface area contributed by atoms with Gasteiger partial charge in [-0.15, -0.1) is 0 Å². The number of sulfonamides is 1. The molecule has 0 bridgehead atoms. The summed E-state index contributed by atoms with van der Waals surface area (Å²) >= 11 is 9.58. The number of para-hydroxylation sites is 1. The number of nitrogens with zero attached hydrogens (tertiary/aromatic N) is 1. The third-order valence-electron chi connectivity index (χ3n) is 4.38. The fraction of sp³-hybridized carbons (Fsp3) is 0.211.